The number of aliphatic hydroxyl groups excluding tert-OH is 1. The summed E-state index contributed by atoms with van der Waals surface area (Å²) >= 11 is 0. The molecule has 0 amide bonds. The number of nitrogen functional groups attached to an aromatic ring is 1. The maximum absolute atomic E-state index is 12.6. The highest BCUT2D eigenvalue weighted by Gasteiger charge is 2.40. The molecule has 0 aromatic heterocycles. The van der Waals surface area contributed by atoms with Crippen molar-refractivity contribution in [3.63, 3.8) is 0 Å². The number of alkyl halides is 3. The zero-order valence-electron chi connectivity index (χ0n) is 6.85. The number of aliphatic hydroxyl groups is 1. The van der Waals surface area contributed by atoms with E-state index in [2.05, 4.69) is 0 Å². The Morgan fingerprint density at radius 3 is 2.36 bits per heavy atom. The fraction of sp³-hybridized carbons (Fsp3) is 0.250. The van der Waals surface area contributed by atoms with Gasteiger partial charge >= 0.3 is 6.18 Å². The van der Waals surface area contributed by atoms with Crippen LogP contribution in [0.25, 0.3) is 0 Å². The van der Waals surface area contributed by atoms with Gasteiger partial charge in [-0.15, -0.1) is 0 Å². The first kappa shape index (κ1) is 10.8. The molecular weight excluding hydrogens is 202 g/mol. The van der Waals surface area contributed by atoms with Crippen molar-refractivity contribution in [3.05, 3.63) is 29.6 Å². The van der Waals surface area contributed by atoms with Crippen LogP contribution in [0.4, 0.5) is 23.2 Å². The van der Waals surface area contributed by atoms with Crippen molar-refractivity contribution in [3.8, 4) is 0 Å². The number of hydrogen-bond donors (Lipinski definition) is 2. The third-order valence-corrected chi connectivity index (χ3v) is 1.65. The molecule has 3 N–H and O–H groups in total. The summed E-state index contributed by atoms with van der Waals surface area (Å²) in [5.74, 6) is -0.877. The van der Waals surface area contributed by atoms with E-state index < -0.39 is 23.7 Å². The third-order valence-electron chi connectivity index (χ3n) is 1.65. The van der Waals surface area contributed by atoms with Crippen molar-refractivity contribution in [2.24, 2.45) is 0 Å². The van der Waals surface area contributed by atoms with E-state index >= 15 is 0 Å². The minimum atomic E-state index is -4.85. The van der Waals surface area contributed by atoms with E-state index in [0.29, 0.717) is 6.07 Å². The third kappa shape index (κ3) is 2.14. The minimum absolute atomic E-state index is 0.295. The maximum atomic E-state index is 12.6. The fourth-order valence-electron chi connectivity index (χ4n) is 0.959. The molecule has 6 heteroatoms. The molecule has 78 valence electrons. The van der Waals surface area contributed by atoms with Gasteiger partial charge in [-0.05, 0) is 18.2 Å². The average molecular weight is 209 g/mol. The molecule has 1 aromatic carbocycles. The van der Waals surface area contributed by atoms with Crippen LogP contribution >= 0.6 is 0 Å². The SMILES string of the molecule is Nc1ccc(F)cc1C(O)C(F)(F)F. The van der Waals surface area contributed by atoms with Gasteiger partial charge in [0.2, 0.25) is 0 Å². The zero-order valence-corrected chi connectivity index (χ0v) is 6.85. The van der Waals surface area contributed by atoms with Crippen LogP contribution in [-0.2, 0) is 0 Å². The van der Waals surface area contributed by atoms with Crippen LogP contribution in [0, 0.1) is 5.82 Å². The number of nitrogens with two attached hydrogens (primary N) is 1. The molecule has 14 heavy (non-hydrogen) atoms. The van der Waals surface area contributed by atoms with Gasteiger partial charge in [-0.2, -0.15) is 13.2 Å². The van der Waals surface area contributed by atoms with Crippen molar-refractivity contribution in [2.45, 2.75) is 12.3 Å². The summed E-state index contributed by atoms with van der Waals surface area (Å²) in [5.41, 5.74) is 4.20. The Morgan fingerprint density at radius 2 is 1.86 bits per heavy atom. The largest absolute Gasteiger partial charge is 0.418 e. The van der Waals surface area contributed by atoms with E-state index in [1.165, 1.54) is 0 Å². The average Bonchev–Trinajstić information content (AvgIpc) is 2.06. The lowest BCUT2D eigenvalue weighted by molar-refractivity contribution is -0.206. The Bertz CT molecular complexity index is 337. The molecule has 0 aliphatic rings. The quantitative estimate of drug-likeness (QED) is 0.549. The van der Waals surface area contributed by atoms with Crippen LogP contribution in [0.15, 0.2) is 18.2 Å². The summed E-state index contributed by atoms with van der Waals surface area (Å²) in [6.07, 6.45) is -7.60. The molecule has 0 bridgehead atoms. The van der Waals surface area contributed by atoms with Crippen molar-refractivity contribution in [2.75, 3.05) is 5.73 Å². The van der Waals surface area contributed by atoms with Crippen LogP contribution in [0.3, 0.4) is 0 Å². The lowest BCUT2D eigenvalue weighted by atomic mass is 10.1. The van der Waals surface area contributed by atoms with Crippen LogP contribution in [0.2, 0.25) is 0 Å². The number of benzene rings is 1. The Morgan fingerprint density at radius 1 is 1.29 bits per heavy atom. The molecule has 0 radical (unpaired) electrons. The van der Waals surface area contributed by atoms with Gasteiger partial charge in [0.15, 0.2) is 6.10 Å². The summed E-state index contributed by atoms with van der Waals surface area (Å²) in [6.45, 7) is 0. The second kappa shape index (κ2) is 3.45. The van der Waals surface area contributed by atoms with Gasteiger partial charge in [0, 0.05) is 11.3 Å². The number of halogens is 4. The Labute approximate surface area is 77.0 Å². The van der Waals surface area contributed by atoms with Gasteiger partial charge in [0.05, 0.1) is 0 Å². The van der Waals surface area contributed by atoms with Crippen molar-refractivity contribution in [1.82, 2.24) is 0 Å². The molecule has 0 saturated carbocycles. The second-order valence-electron chi connectivity index (χ2n) is 2.72. The molecule has 1 atom stereocenters. The highest BCUT2D eigenvalue weighted by atomic mass is 19.4. The van der Waals surface area contributed by atoms with Gasteiger partial charge in [-0.25, -0.2) is 4.39 Å². The van der Waals surface area contributed by atoms with E-state index in [9.17, 15) is 17.6 Å². The topological polar surface area (TPSA) is 46.2 Å². The molecular formula is C8H7F4NO. The lowest BCUT2D eigenvalue weighted by Crippen LogP contribution is -2.21. The molecule has 0 aliphatic carbocycles. The molecule has 2 nitrogen and oxygen atoms in total. The van der Waals surface area contributed by atoms with Crippen LogP contribution in [-0.4, -0.2) is 11.3 Å². The second-order valence-corrected chi connectivity index (χ2v) is 2.72. The van der Waals surface area contributed by atoms with Crippen molar-refractivity contribution >= 4 is 5.69 Å². The minimum Gasteiger partial charge on any atom is -0.398 e. The molecule has 1 aromatic rings. The highest BCUT2D eigenvalue weighted by molar-refractivity contribution is 5.48. The first-order valence-electron chi connectivity index (χ1n) is 3.62. The van der Waals surface area contributed by atoms with Gasteiger partial charge < -0.3 is 10.8 Å². The normalized spacial score (nSPS) is 14.1. The predicted molar refractivity (Wildman–Crippen MR) is 41.8 cm³/mol. The van der Waals surface area contributed by atoms with Crippen molar-refractivity contribution < 1.29 is 22.7 Å². The molecule has 1 rings (SSSR count). The highest BCUT2D eigenvalue weighted by Crippen LogP contribution is 2.35. The van der Waals surface area contributed by atoms with Gasteiger partial charge in [-0.3, -0.25) is 0 Å². The van der Waals surface area contributed by atoms with E-state index in [0.717, 1.165) is 12.1 Å². The molecule has 0 aliphatic heterocycles. The zero-order chi connectivity index (χ0) is 10.9. The van der Waals surface area contributed by atoms with Gasteiger partial charge in [-0.1, -0.05) is 0 Å². The Hall–Kier alpha value is -1.30. The van der Waals surface area contributed by atoms with E-state index in [4.69, 9.17) is 10.8 Å². The summed E-state index contributed by atoms with van der Waals surface area (Å²) < 4.78 is 48.6. The molecule has 0 fully saturated rings. The lowest BCUT2D eigenvalue weighted by Gasteiger charge is -2.16. The number of rotatable bonds is 1. The molecule has 0 spiro atoms. The monoisotopic (exact) mass is 209 g/mol. The van der Waals surface area contributed by atoms with Gasteiger partial charge in [0.25, 0.3) is 0 Å². The predicted octanol–water partition coefficient (Wildman–Crippen LogP) is 2.00. The molecule has 0 heterocycles. The number of anilines is 1. The summed E-state index contributed by atoms with van der Waals surface area (Å²) in [7, 11) is 0. The Balaban J connectivity index is 3.12. The fourth-order valence-corrected chi connectivity index (χ4v) is 0.959. The van der Waals surface area contributed by atoms with Crippen LogP contribution in [0.5, 0.6) is 0 Å². The van der Waals surface area contributed by atoms with E-state index in [1.54, 1.807) is 0 Å². The van der Waals surface area contributed by atoms with E-state index in [-0.39, 0.29) is 5.69 Å². The molecule has 1 unspecified atom stereocenters. The summed E-state index contributed by atoms with van der Waals surface area (Å²) in [6, 6.07) is 2.45. The first-order chi connectivity index (χ1) is 6.32. The standard InChI is InChI=1S/C8H7F4NO/c9-4-1-2-6(13)5(3-4)7(14)8(10,11)12/h1-3,7,14H,13H2. The molecule has 0 saturated heterocycles. The Kier molecular flexibility index (Phi) is 2.66. The van der Waals surface area contributed by atoms with E-state index in [1.807, 2.05) is 0 Å². The maximum Gasteiger partial charge on any atom is 0.418 e. The first-order valence-corrected chi connectivity index (χ1v) is 3.62. The van der Waals surface area contributed by atoms with Crippen LogP contribution in [0.1, 0.15) is 11.7 Å². The number of hydrogen-bond acceptors (Lipinski definition) is 2. The smallest absolute Gasteiger partial charge is 0.398 e. The van der Waals surface area contributed by atoms with Crippen molar-refractivity contribution in [1.29, 1.82) is 0 Å². The summed E-state index contributed by atoms with van der Waals surface area (Å²) in [4.78, 5) is 0. The summed E-state index contributed by atoms with van der Waals surface area (Å²) in [5, 5.41) is 8.79. The van der Waals surface area contributed by atoms with Gasteiger partial charge in [0.1, 0.15) is 5.82 Å². The van der Waals surface area contributed by atoms with Crippen LogP contribution < -0.4 is 5.73 Å².